The van der Waals surface area contributed by atoms with Gasteiger partial charge >= 0.3 is 5.97 Å². The second-order valence-electron chi connectivity index (χ2n) is 10.9. The van der Waals surface area contributed by atoms with E-state index in [9.17, 15) is 19.5 Å². The molecule has 7 nitrogen and oxygen atoms in total. The molecule has 0 saturated carbocycles. The summed E-state index contributed by atoms with van der Waals surface area (Å²) >= 11 is 6.49. The molecule has 1 N–H and O–H groups in total. The van der Waals surface area contributed by atoms with Crippen LogP contribution < -0.4 is 4.74 Å². The Bertz CT molecular complexity index is 1690. The number of carboxylic acid groups (broad SMARTS) is 1. The van der Waals surface area contributed by atoms with Gasteiger partial charge in [-0.25, -0.2) is 4.79 Å². The van der Waals surface area contributed by atoms with Gasteiger partial charge in [-0.05, 0) is 46.9 Å². The molecule has 0 aliphatic carbocycles. The van der Waals surface area contributed by atoms with E-state index in [0.717, 1.165) is 28.5 Å². The molecule has 1 atom stereocenters. The summed E-state index contributed by atoms with van der Waals surface area (Å²) in [6, 6.07) is 33.5. The molecule has 2 amide bonds. The molecule has 1 aliphatic rings. The molecule has 1 fully saturated rings. The minimum Gasteiger partial charge on any atom is -0.488 e. The van der Waals surface area contributed by atoms with Crippen LogP contribution in [0.1, 0.15) is 52.4 Å². The average Bonchev–Trinajstić information content (AvgIpc) is 3.34. The minimum atomic E-state index is -1.09. The van der Waals surface area contributed by atoms with Gasteiger partial charge in [0.15, 0.2) is 0 Å². The first-order valence-corrected chi connectivity index (χ1v) is 16.2. The molecule has 5 rings (SSSR count). The van der Waals surface area contributed by atoms with E-state index in [1.165, 1.54) is 4.90 Å². The molecule has 0 radical (unpaired) electrons. The zero-order valence-corrected chi connectivity index (χ0v) is 27.0. The fraction of sp³-hybridized carbons (Fsp3) is 0.189. The van der Waals surface area contributed by atoms with Crippen LogP contribution in [0.15, 0.2) is 114 Å². The summed E-state index contributed by atoms with van der Waals surface area (Å²) in [5.41, 5.74) is 3.87. The number of hydrogen-bond donors (Lipinski definition) is 1. The van der Waals surface area contributed by atoms with Crippen molar-refractivity contribution in [3.05, 3.63) is 142 Å². The van der Waals surface area contributed by atoms with E-state index < -0.39 is 17.9 Å². The van der Waals surface area contributed by atoms with E-state index in [1.54, 1.807) is 29.2 Å². The van der Waals surface area contributed by atoms with Crippen LogP contribution in [0, 0.1) is 0 Å². The van der Waals surface area contributed by atoms with Crippen molar-refractivity contribution in [2.24, 2.45) is 0 Å². The average molecular weight is 651 g/mol. The Morgan fingerprint density at radius 1 is 0.891 bits per heavy atom. The van der Waals surface area contributed by atoms with Crippen molar-refractivity contribution in [3.8, 4) is 5.75 Å². The normalized spacial score (nSPS) is 14.4. The Balaban J connectivity index is 1.51. The van der Waals surface area contributed by atoms with Crippen molar-refractivity contribution in [3.63, 3.8) is 0 Å². The summed E-state index contributed by atoms with van der Waals surface area (Å²) in [6.45, 7) is 2.89. The second kappa shape index (κ2) is 15.5. The summed E-state index contributed by atoms with van der Waals surface area (Å²) in [5.74, 6) is -1.36. The molecule has 4 aromatic carbocycles. The number of carbonyl (C=O) groups is 3. The number of thioether (sulfide) groups is 1. The molecule has 46 heavy (non-hydrogen) atoms. The summed E-state index contributed by atoms with van der Waals surface area (Å²) < 4.78 is 6.43. The third-order valence-electron chi connectivity index (χ3n) is 7.47. The van der Waals surface area contributed by atoms with Gasteiger partial charge in [0.1, 0.15) is 22.7 Å². The van der Waals surface area contributed by atoms with Crippen molar-refractivity contribution in [2.75, 3.05) is 0 Å². The molecular weight excluding hydrogens is 617 g/mol. The number of carbonyl (C=O) groups excluding carboxylic acids is 2. The Kier molecular flexibility index (Phi) is 11.0. The highest BCUT2D eigenvalue weighted by Gasteiger charge is 2.40. The van der Waals surface area contributed by atoms with Gasteiger partial charge in [-0.15, -0.1) is 0 Å². The predicted molar refractivity (Wildman–Crippen MR) is 185 cm³/mol. The van der Waals surface area contributed by atoms with Crippen LogP contribution in [-0.2, 0) is 29.3 Å². The van der Waals surface area contributed by atoms with E-state index in [-0.39, 0.29) is 16.8 Å². The van der Waals surface area contributed by atoms with E-state index in [1.807, 2.05) is 97.9 Å². The number of carboxylic acids is 1. The van der Waals surface area contributed by atoms with E-state index in [2.05, 4.69) is 0 Å². The van der Waals surface area contributed by atoms with Gasteiger partial charge in [-0.1, -0.05) is 134 Å². The Morgan fingerprint density at radius 3 is 2.00 bits per heavy atom. The first-order valence-electron chi connectivity index (χ1n) is 15.0. The lowest BCUT2D eigenvalue weighted by Crippen LogP contribution is -2.43. The van der Waals surface area contributed by atoms with Gasteiger partial charge in [0.05, 0.1) is 10.5 Å². The molecule has 0 spiro atoms. The highest BCUT2D eigenvalue weighted by atomic mass is 32.2. The number of hydrogen-bond acceptors (Lipinski definition) is 6. The van der Waals surface area contributed by atoms with Gasteiger partial charge in [-0.2, -0.15) is 0 Å². The molecular formula is C37H34N2O5S2. The van der Waals surface area contributed by atoms with Crippen LogP contribution >= 0.6 is 24.0 Å². The monoisotopic (exact) mass is 650 g/mol. The summed E-state index contributed by atoms with van der Waals surface area (Å²) in [6.07, 6.45) is 2.53. The highest BCUT2D eigenvalue weighted by molar-refractivity contribution is 8.26. The molecule has 1 unspecified atom stereocenters. The fourth-order valence-electron chi connectivity index (χ4n) is 5.18. The van der Waals surface area contributed by atoms with Gasteiger partial charge in [0.2, 0.25) is 0 Å². The zero-order valence-electron chi connectivity index (χ0n) is 25.4. The third-order valence-corrected chi connectivity index (χ3v) is 8.80. The van der Waals surface area contributed by atoms with E-state index in [4.69, 9.17) is 17.0 Å². The van der Waals surface area contributed by atoms with E-state index in [0.29, 0.717) is 47.7 Å². The maximum atomic E-state index is 14.4. The zero-order chi connectivity index (χ0) is 32.5. The summed E-state index contributed by atoms with van der Waals surface area (Å²) in [5, 5.41) is 9.76. The second-order valence-corrected chi connectivity index (χ2v) is 12.5. The van der Waals surface area contributed by atoms with Crippen molar-refractivity contribution in [2.45, 2.75) is 45.5 Å². The lowest BCUT2D eigenvalue weighted by Gasteiger charge is -2.25. The van der Waals surface area contributed by atoms with Crippen LogP contribution in [0.25, 0.3) is 6.08 Å². The summed E-state index contributed by atoms with van der Waals surface area (Å²) in [4.78, 5) is 43.0. The standard InChI is InChI=1S/C37H34N2O5S2/c1-2-12-31(36(42)43)39-35(41)33(46-37(39)45)22-29-19-20-32(44-25-28-17-10-5-11-18-28)30(21-29)34(40)38(23-26-13-6-3-7-14-26)24-27-15-8-4-9-16-27/h3-11,13-22,31H,2,12,23-25H2,1H3,(H,42,43)/b33-22-. The predicted octanol–water partition coefficient (Wildman–Crippen LogP) is 7.56. The topological polar surface area (TPSA) is 87.1 Å². The van der Waals surface area contributed by atoms with Crippen LogP contribution in [0.2, 0.25) is 0 Å². The molecule has 1 heterocycles. The minimum absolute atomic E-state index is 0.202. The Labute approximate surface area is 278 Å². The molecule has 4 aromatic rings. The van der Waals surface area contributed by atoms with Crippen LogP contribution in [0.4, 0.5) is 0 Å². The molecule has 1 aliphatic heterocycles. The number of ether oxygens (including phenoxy) is 1. The first-order chi connectivity index (χ1) is 22.3. The van der Waals surface area contributed by atoms with Crippen LogP contribution in [-0.4, -0.2) is 43.1 Å². The SMILES string of the molecule is CCCC(C(=O)O)N1C(=O)/C(=C/c2ccc(OCc3ccccc3)c(C(=O)N(Cc3ccccc3)Cc3ccccc3)c2)SC1=S. The van der Waals surface area contributed by atoms with Gasteiger partial charge in [0, 0.05) is 13.1 Å². The lowest BCUT2D eigenvalue weighted by atomic mass is 10.1. The van der Waals surface area contributed by atoms with Crippen molar-refractivity contribution < 1.29 is 24.2 Å². The van der Waals surface area contributed by atoms with E-state index >= 15 is 0 Å². The molecule has 0 bridgehead atoms. The molecule has 1 saturated heterocycles. The van der Waals surface area contributed by atoms with Gasteiger partial charge in [0.25, 0.3) is 11.8 Å². The third kappa shape index (κ3) is 8.10. The van der Waals surface area contributed by atoms with Gasteiger partial charge < -0.3 is 14.7 Å². The highest BCUT2D eigenvalue weighted by Crippen LogP contribution is 2.36. The van der Waals surface area contributed by atoms with Crippen LogP contribution in [0.5, 0.6) is 5.75 Å². The largest absolute Gasteiger partial charge is 0.488 e. The Morgan fingerprint density at radius 2 is 1.46 bits per heavy atom. The quantitative estimate of drug-likeness (QED) is 0.118. The Hall–Kier alpha value is -4.73. The molecule has 234 valence electrons. The molecule has 0 aromatic heterocycles. The fourth-order valence-corrected chi connectivity index (χ4v) is 6.54. The number of amides is 2. The summed E-state index contributed by atoms with van der Waals surface area (Å²) in [7, 11) is 0. The van der Waals surface area contributed by atoms with Gasteiger partial charge in [-0.3, -0.25) is 14.5 Å². The number of benzene rings is 4. The van der Waals surface area contributed by atoms with Crippen molar-refractivity contribution >= 4 is 52.2 Å². The number of aliphatic carboxylic acids is 1. The number of nitrogens with zero attached hydrogens (tertiary/aromatic N) is 2. The van der Waals surface area contributed by atoms with Crippen LogP contribution in [0.3, 0.4) is 0 Å². The lowest BCUT2D eigenvalue weighted by molar-refractivity contribution is -0.145. The maximum Gasteiger partial charge on any atom is 0.326 e. The first kappa shape index (κ1) is 32.7. The molecule has 9 heteroatoms. The number of rotatable bonds is 13. The smallest absolute Gasteiger partial charge is 0.326 e. The number of thiocarbonyl (C=S) groups is 1. The van der Waals surface area contributed by atoms with Crippen molar-refractivity contribution in [1.29, 1.82) is 0 Å². The maximum absolute atomic E-state index is 14.4. The van der Waals surface area contributed by atoms with Crippen molar-refractivity contribution in [1.82, 2.24) is 9.80 Å².